The van der Waals surface area contributed by atoms with Crippen LogP contribution in [0.3, 0.4) is 0 Å². The van der Waals surface area contributed by atoms with Gasteiger partial charge >= 0.3 is 0 Å². The molecule has 2 heterocycles. The van der Waals surface area contributed by atoms with Crippen LogP contribution >= 0.6 is 0 Å². The van der Waals surface area contributed by atoms with Crippen molar-refractivity contribution in [2.24, 2.45) is 0 Å². The molecule has 1 aliphatic rings. The van der Waals surface area contributed by atoms with Gasteiger partial charge in [-0.1, -0.05) is 6.07 Å². The van der Waals surface area contributed by atoms with Crippen LogP contribution in [0.15, 0.2) is 23.0 Å². The average Bonchev–Trinajstić information content (AvgIpc) is 2.57. The van der Waals surface area contributed by atoms with Crippen LogP contribution in [0.1, 0.15) is 29.8 Å². The molecule has 1 amide bonds. The first kappa shape index (κ1) is 11.9. The smallest absolute Gasteiger partial charge is 0.268 e. The Bertz CT molecular complexity index is 433. The number of aromatic nitrogens is 1. The van der Waals surface area contributed by atoms with Crippen molar-refractivity contribution in [2.45, 2.75) is 25.3 Å². The Morgan fingerprint density at radius 3 is 3.00 bits per heavy atom. The lowest BCUT2D eigenvalue weighted by molar-refractivity contribution is 0.0929. The molecule has 0 aliphatic carbocycles. The van der Waals surface area contributed by atoms with Gasteiger partial charge in [0.1, 0.15) is 5.69 Å². The number of amides is 1. The van der Waals surface area contributed by atoms with Gasteiger partial charge in [0.05, 0.1) is 0 Å². The summed E-state index contributed by atoms with van der Waals surface area (Å²) in [6.45, 7) is 1.94. The molecular weight excluding hydrogens is 218 g/mol. The van der Waals surface area contributed by atoms with E-state index in [1.807, 2.05) is 0 Å². The topological polar surface area (TPSA) is 74.0 Å². The highest BCUT2D eigenvalue weighted by Gasteiger charge is 2.15. The quantitative estimate of drug-likeness (QED) is 0.687. The minimum absolute atomic E-state index is 0.196. The highest BCUT2D eigenvalue weighted by Crippen LogP contribution is 2.05. The van der Waals surface area contributed by atoms with Gasteiger partial charge in [-0.25, -0.2) is 0 Å². The molecule has 17 heavy (non-hydrogen) atoms. The number of hydrogen-bond acceptors (Lipinski definition) is 3. The van der Waals surface area contributed by atoms with Crippen molar-refractivity contribution in [1.82, 2.24) is 15.6 Å². The number of H-pyrrole nitrogens is 1. The lowest BCUT2D eigenvalue weighted by atomic mass is 10.1. The molecule has 1 aromatic heterocycles. The van der Waals surface area contributed by atoms with E-state index in [1.54, 1.807) is 12.1 Å². The minimum Gasteiger partial charge on any atom is -0.348 e. The van der Waals surface area contributed by atoms with Crippen molar-refractivity contribution < 1.29 is 4.79 Å². The summed E-state index contributed by atoms with van der Waals surface area (Å²) in [7, 11) is 0. The van der Waals surface area contributed by atoms with Crippen molar-refractivity contribution in [3.63, 3.8) is 0 Å². The first-order chi connectivity index (χ1) is 8.25. The van der Waals surface area contributed by atoms with Crippen molar-refractivity contribution in [3.8, 4) is 0 Å². The summed E-state index contributed by atoms with van der Waals surface area (Å²) in [5.74, 6) is -0.199. The summed E-state index contributed by atoms with van der Waals surface area (Å²) >= 11 is 0. The molecule has 2 rings (SSSR count). The van der Waals surface area contributed by atoms with E-state index in [2.05, 4.69) is 15.6 Å². The number of hydrogen-bond donors (Lipinski definition) is 3. The summed E-state index contributed by atoms with van der Waals surface area (Å²) in [5.41, 5.74) is 0.0786. The zero-order valence-electron chi connectivity index (χ0n) is 9.66. The van der Waals surface area contributed by atoms with Gasteiger partial charge in [-0.3, -0.25) is 9.59 Å². The molecule has 1 atom stereocenters. The lowest BCUT2D eigenvalue weighted by Crippen LogP contribution is -2.36. The molecule has 1 unspecified atom stereocenters. The van der Waals surface area contributed by atoms with Crippen LogP contribution in [0, 0.1) is 0 Å². The number of carbonyl (C=O) groups excluding carboxylic acids is 1. The number of pyridine rings is 1. The number of aromatic amines is 1. The van der Waals surface area contributed by atoms with Gasteiger partial charge in [-0.05, 0) is 38.4 Å². The zero-order chi connectivity index (χ0) is 12.1. The second-order valence-electron chi connectivity index (χ2n) is 4.28. The maximum absolute atomic E-state index is 11.9. The third-order valence-corrected chi connectivity index (χ3v) is 2.92. The van der Waals surface area contributed by atoms with Crippen LogP contribution in [0.25, 0.3) is 0 Å². The van der Waals surface area contributed by atoms with Gasteiger partial charge in [-0.15, -0.1) is 0 Å². The van der Waals surface area contributed by atoms with Gasteiger partial charge in [0.25, 0.3) is 5.91 Å². The van der Waals surface area contributed by atoms with Crippen molar-refractivity contribution >= 4 is 5.91 Å². The normalized spacial score (nSPS) is 20.6. The predicted molar refractivity (Wildman–Crippen MR) is 65.0 cm³/mol. The fourth-order valence-corrected chi connectivity index (χ4v) is 2.01. The van der Waals surface area contributed by atoms with Crippen molar-refractivity contribution in [1.29, 1.82) is 0 Å². The van der Waals surface area contributed by atoms with Gasteiger partial charge < -0.3 is 15.6 Å². The van der Waals surface area contributed by atoms with Gasteiger partial charge in [0.15, 0.2) is 0 Å². The van der Waals surface area contributed by atoms with Crippen LogP contribution in [0.4, 0.5) is 0 Å². The Morgan fingerprint density at radius 2 is 2.18 bits per heavy atom. The Hall–Kier alpha value is -1.62. The summed E-state index contributed by atoms with van der Waals surface area (Å²) in [6, 6.07) is 4.79. The van der Waals surface area contributed by atoms with Crippen LogP contribution in [-0.2, 0) is 0 Å². The minimum atomic E-state index is -0.250. The highest BCUT2D eigenvalue weighted by molar-refractivity contribution is 5.92. The number of nitrogens with one attached hydrogen (secondary N) is 3. The molecule has 0 spiro atoms. The maximum Gasteiger partial charge on any atom is 0.268 e. The molecule has 1 aromatic rings. The third kappa shape index (κ3) is 3.42. The summed E-state index contributed by atoms with van der Waals surface area (Å²) < 4.78 is 0. The first-order valence-corrected chi connectivity index (χ1v) is 5.96. The second kappa shape index (κ2) is 5.63. The van der Waals surface area contributed by atoms with Crippen LogP contribution in [-0.4, -0.2) is 30.0 Å². The molecule has 5 heteroatoms. The average molecular weight is 235 g/mol. The molecule has 1 fully saturated rings. The fraction of sp³-hybridized carbons (Fsp3) is 0.500. The molecule has 0 bridgehead atoms. The summed E-state index contributed by atoms with van der Waals surface area (Å²) in [6.07, 6.45) is 2.98. The summed E-state index contributed by atoms with van der Waals surface area (Å²) in [4.78, 5) is 25.5. The Morgan fingerprint density at radius 1 is 1.29 bits per heavy atom. The zero-order valence-corrected chi connectivity index (χ0v) is 9.66. The third-order valence-electron chi connectivity index (χ3n) is 2.92. The Labute approximate surface area is 99.6 Å². The number of rotatable bonds is 2. The molecule has 0 radical (unpaired) electrons. The van der Waals surface area contributed by atoms with E-state index in [0.29, 0.717) is 5.69 Å². The Kier molecular flexibility index (Phi) is 3.93. The van der Waals surface area contributed by atoms with E-state index in [0.717, 1.165) is 32.4 Å². The molecule has 0 saturated carbocycles. The largest absolute Gasteiger partial charge is 0.348 e. The fourth-order valence-electron chi connectivity index (χ4n) is 2.01. The lowest BCUT2D eigenvalue weighted by Gasteiger charge is -2.15. The van der Waals surface area contributed by atoms with Crippen molar-refractivity contribution in [3.05, 3.63) is 34.2 Å². The van der Waals surface area contributed by atoms with Crippen molar-refractivity contribution in [2.75, 3.05) is 13.1 Å². The van der Waals surface area contributed by atoms with Gasteiger partial charge in [0, 0.05) is 12.1 Å². The molecule has 92 valence electrons. The van der Waals surface area contributed by atoms with Crippen LogP contribution < -0.4 is 16.2 Å². The SMILES string of the molecule is O=C(NC1CCCNCC1)c1cccc(=O)[nH]1. The van der Waals surface area contributed by atoms with E-state index in [1.165, 1.54) is 6.07 Å². The summed E-state index contributed by atoms with van der Waals surface area (Å²) in [5, 5.41) is 6.24. The van der Waals surface area contributed by atoms with E-state index >= 15 is 0 Å². The van der Waals surface area contributed by atoms with E-state index < -0.39 is 0 Å². The monoisotopic (exact) mass is 235 g/mol. The standard InChI is InChI=1S/C12H17N3O2/c16-11-5-1-4-10(15-11)12(17)14-9-3-2-7-13-8-6-9/h1,4-5,9,13H,2-3,6-8H2,(H,14,17)(H,15,16). The molecule has 1 saturated heterocycles. The molecular formula is C12H17N3O2. The maximum atomic E-state index is 11.9. The molecule has 1 aliphatic heterocycles. The molecule has 3 N–H and O–H groups in total. The first-order valence-electron chi connectivity index (χ1n) is 5.96. The Balaban J connectivity index is 1.98. The van der Waals surface area contributed by atoms with Crippen LogP contribution in [0.2, 0.25) is 0 Å². The second-order valence-corrected chi connectivity index (χ2v) is 4.28. The highest BCUT2D eigenvalue weighted by atomic mass is 16.2. The predicted octanol–water partition coefficient (Wildman–Crippen LogP) is 0.247. The molecule has 0 aromatic carbocycles. The van der Waals surface area contributed by atoms with Crippen LogP contribution in [0.5, 0.6) is 0 Å². The van der Waals surface area contributed by atoms with E-state index in [-0.39, 0.29) is 17.5 Å². The van der Waals surface area contributed by atoms with E-state index in [9.17, 15) is 9.59 Å². The van der Waals surface area contributed by atoms with E-state index in [4.69, 9.17) is 0 Å². The van der Waals surface area contributed by atoms with Gasteiger partial charge in [-0.2, -0.15) is 0 Å². The molecule has 5 nitrogen and oxygen atoms in total. The number of carbonyl (C=O) groups is 1. The van der Waals surface area contributed by atoms with Gasteiger partial charge in [0.2, 0.25) is 5.56 Å².